The summed E-state index contributed by atoms with van der Waals surface area (Å²) >= 11 is 1.69. The van der Waals surface area contributed by atoms with Crippen LogP contribution in [0.5, 0.6) is 5.75 Å². The second kappa shape index (κ2) is 12.2. The minimum absolute atomic E-state index is 0.150. The lowest BCUT2D eigenvalue weighted by Gasteiger charge is -2.11. The first kappa shape index (κ1) is 22.9. The molecule has 6 nitrogen and oxygen atoms in total. The third kappa shape index (κ3) is 6.59. The van der Waals surface area contributed by atoms with Gasteiger partial charge in [-0.15, -0.1) is 10.2 Å². The van der Waals surface area contributed by atoms with Crippen LogP contribution in [0, 0.1) is 0 Å². The number of para-hydroxylation sites is 1. The molecule has 7 heteroatoms. The Hall–Kier alpha value is -2.80. The topological polar surface area (TPSA) is 69.0 Å². The summed E-state index contributed by atoms with van der Waals surface area (Å²) in [5.74, 6) is 2.32. The van der Waals surface area contributed by atoms with Gasteiger partial charge in [0.1, 0.15) is 5.75 Å². The van der Waals surface area contributed by atoms with Crippen LogP contribution in [0.4, 0.5) is 0 Å². The smallest absolute Gasteiger partial charge is 0.251 e. The van der Waals surface area contributed by atoms with Gasteiger partial charge in [-0.3, -0.25) is 9.36 Å². The van der Waals surface area contributed by atoms with Crippen molar-refractivity contribution < 1.29 is 9.53 Å². The van der Waals surface area contributed by atoms with Gasteiger partial charge in [0.05, 0.1) is 13.2 Å². The Morgan fingerprint density at radius 2 is 1.74 bits per heavy atom. The third-order valence-electron chi connectivity index (χ3n) is 4.73. The predicted octanol–water partition coefficient (Wildman–Crippen LogP) is 5.27. The number of ether oxygens (including phenoxy) is 1. The summed E-state index contributed by atoms with van der Waals surface area (Å²) in [7, 11) is 0. The SMILES string of the molecule is CCCCOc1ccc(C(=O)NCc2nnc(SCCCC)n2-c2ccccc2)cc1. The van der Waals surface area contributed by atoms with Crippen LogP contribution in [-0.4, -0.2) is 33.0 Å². The van der Waals surface area contributed by atoms with Crippen molar-refractivity contribution in [1.29, 1.82) is 0 Å². The number of thioether (sulfide) groups is 1. The molecule has 0 spiro atoms. The highest BCUT2D eigenvalue weighted by Gasteiger charge is 2.15. The van der Waals surface area contributed by atoms with Crippen LogP contribution in [0.2, 0.25) is 0 Å². The molecule has 1 aromatic heterocycles. The van der Waals surface area contributed by atoms with Gasteiger partial charge < -0.3 is 10.1 Å². The van der Waals surface area contributed by atoms with Gasteiger partial charge in [-0.25, -0.2) is 0 Å². The lowest BCUT2D eigenvalue weighted by atomic mass is 10.2. The second-order valence-corrected chi connectivity index (χ2v) is 8.24. The Morgan fingerprint density at radius 1 is 1.00 bits per heavy atom. The maximum absolute atomic E-state index is 12.6. The number of hydrogen-bond donors (Lipinski definition) is 1. The lowest BCUT2D eigenvalue weighted by molar-refractivity contribution is 0.0949. The first-order valence-electron chi connectivity index (χ1n) is 10.9. The maximum atomic E-state index is 12.6. The molecule has 164 valence electrons. The minimum atomic E-state index is -0.150. The number of aromatic nitrogens is 3. The number of nitrogens with zero attached hydrogens (tertiary/aromatic N) is 3. The van der Waals surface area contributed by atoms with Crippen LogP contribution in [0.15, 0.2) is 59.8 Å². The van der Waals surface area contributed by atoms with E-state index in [9.17, 15) is 4.79 Å². The average molecular weight is 439 g/mol. The van der Waals surface area contributed by atoms with E-state index in [-0.39, 0.29) is 5.91 Å². The number of amides is 1. The van der Waals surface area contributed by atoms with E-state index >= 15 is 0 Å². The fourth-order valence-corrected chi connectivity index (χ4v) is 4.00. The number of benzene rings is 2. The molecule has 31 heavy (non-hydrogen) atoms. The number of carbonyl (C=O) groups excluding carboxylic acids is 1. The largest absolute Gasteiger partial charge is 0.494 e. The third-order valence-corrected chi connectivity index (χ3v) is 5.75. The average Bonchev–Trinajstić information content (AvgIpc) is 3.21. The molecule has 0 fully saturated rings. The van der Waals surface area contributed by atoms with Crippen LogP contribution in [0.3, 0.4) is 0 Å². The van der Waals surface area contributed by atoms with Crippen LogP contribution >= 0.6 is 11.8 Å². The van der Waals surface area contributed by atoms with Gasteiger partial charge >= 0.3 is 0 Å². The molecule has 1 N–H and O–H groups in total. The van der Waals surface area contributed by atoms with E-state index in [0.29, 0.717) is 24.5 Å². The number of rotatable bonds is 12. The molecule has 0 saturated carbocycles. The zero-order valence-corrected chi connectivity index (χ0v) is 19.0. The minimum Gasteiger partial charge on any atom is -0.494 e. The Labute approximate surface area is 188 Å². The predicted molar refractivity (Wildman–Crippen MR) is 125 cm³/mol. The highest BCUT2D eigenvalue weighted by atomic mass is 32.2. The van der Waals surface area contributed by atoms with Gasteiger partial charge in [-0.1, -0.05) is 56.7 Å². The Bertz CT molecular complexity index is 942. The number of carbonyl (C=O) groups is 1. The number of nitrogens with one attached hydrogen (secondary N) is 1. The molecule has 1 heterocycles. The second-order valence-electron chi connectivity index (χ2n) is 7.18. The lowest BCUT2D eigenvalue weighted by Crippen LogP contribution is -2.24. The van der Waals surface area contributed by atoms with E-state index in [4.69, 9.17) is 4.74 Å². The summed E-state index contributed by atoms with van der Waals surface area (Å²) in [6, 6.07) is 17.2. The standard InChI is InChI=1S/C24H30N4O2S/c1-3-5-16-30-21-14-12-19(13-15-21)23(29)25-18-22-26-27-24(31-17-6-4-2)28(22)20-10-8-7-9-11-20/h7-15H,3-6,16-18H2,1-2H3,(H,25,29). The van der Waals surface area contributed by atoms with Crippen LogP contribution < -0.4 is 10.1 Å². The van der Waals surface area contributed by atoms with Crippen molar-refractivity contribution in [2.75, 3.05) is 12.4 Å². The molecule has 0 saturated heterocycles. The van der Waals surface area contributed by atoms with Crippen molar-refractivity contribution in [2.45, 2.75) is 51.2 Å². The molecule has 1 amide bonds. The van der Waals surface area contributed by atoms with Crippen molar-refractivity contribution in [1.82, 2.24) is 20.1 Å². The zero-order chi connectivity index (χ0) is 21.9. The molecular weight excluding hydrogens is 408 g/mol. The van der Waals surface area contributed by atoms with Crippen LogP contribution in [0.25, 0.3) is 5.69 Å². The normalized spacial score (nSPS) is 10.8. The van der Waals surface area contributed by atoms with Crippen molar-refractivity contribution in [3.05, 3.63) is 66.0 Å². The molecule has 0 unspecified atom stereocenters. The molecule has 3 aromatic rings. The highest BCUT2D eigenvalue weighted by Crippen LogP contribution is 2.23. The maximum Gasteiger partial charge on any atom is 0.251 e. The van der Waals surface area contributed by atoms with E-state index in [1.54, 1.807) is 23.9 Å². The van der Waals surface area contributed by atoms with Crippen molar-refractivity contribution in [3.8, 4) is 11.4 Å². The van der Waals surface area contributed by atoms with Crippen molar-refractivity contribution in [2.24, 2.45) is 0 Å². The van der Waals surface area contributed by atoms with Gasteiger partial charge in [0.2, 0.25) is 0 Å². The van der Waals surface area contributed by atoms with E-state index in [2.05, 4.69) is 29.4 Å². The van der Waals surface area contributed by atoms with Gasteiger partial charge in [0, 0.05) is 17.0 Å². The number of unbranched alkanes of at least 4 members (excludes halogenated alkanes) is 2. The molecule has 0 aliphatic carbocycles. The van der Waals surface area contributed by atoms with Crippen molar-refractivity contribution >= 4 is 17.7 Å². The van der Waals surface area contributed by atoms with Gasteiger partial charge in [0.15, 0.2) is 11.0 Å². The Balaban J connectivity index is 1.67. The summed E-state index contributed by atoms with van der Waals surface area (Å²) in [4.78, 5) is 12.6. The molecule has 0 atom stereocenters. The molecular formula is C24H30N4O2S. The van der Waals surface area contributed by atoms with Gasteiger partial charge in [0.25, 0.3) is 5.91 Å². The summed E-state index contributed by atoms with van der Waals surface area (Å²) in [5.41, 5.74) is 1.58. The van der Waals surface area contributed by atoms with E-state index in [0.717, 1.165) is 48.0 Å². The molecule has 0 aliphatic heterocycles. The monoisotopic (exact) mass is 438 g/mol. The van der Waals surface area contributed by atoms with Crippen molar-refractivity contribution in [3.63, 3.8) is 0 Å². The fourth-order valence-electron chi connectivity index (χ4n) is 2.95. The van der Waals surface area contributed by atoms with E-state index in [1.165, 1.54) is 0 Å². The summed E-state index contributed by atoms with van der Waals surface area (Å²) in [6.07, 6.45) is 4.37. The summed E-state index contributed by atoms with van der Waals surface area (Å²) in [6.45, 7) is 5.29. The molecule has 2 aromatic carbocycles. The zero-order valence-electron chi connectivity index (χ0n) is 18.2. The summed E-state index contributed by atoms with van der Waals surface area (Å²) in [5, 5.41) is 12.5. The molecule has 0 bridgehead atoms. The molecule has 3 rings (SSSR count). The molecule has 0 radical (unpaired) electrons. The van der Waals surface area contributed by atoms with E-state index < -0.39 is 0 Å². The Morgan fingerprint density at radius 3 is 2.45 bits per heavy atom. The summed E-state index contributed by atoms with van der Waals surface area (Å²) < 4.78 is 7.68. The van der Waals surface area contributed by atoms with Crippen LogP contribution in [-0.2, 0) is 6.54 Å². The quantitative estimate of drug-likeness (QED) is 0.308. The highest BCUT2D eigenvalue weighted by molar-refractivity contribution is 7.99. The number of hydrogen-bond acceptors (Lipinski definition) is 5. The van der Waals surface area contributed by atoms with Gasteiger partial charge in [-0.05, 0) is 49.2 Å². The van der Waals surface area contributed by atoms with Crippen LogP contribution in [0.1, 0.15) is 55.7 Å². The first-order valence-corrected chi connectivity index (χ1v) is 11.8. The molecule has 0 aliphatic rings. The van der Waals surface area contributed by atoms with Gasteiger partial charge in [-0.2, -0.15) is 0 Å². The Kier molecular flexibility index (Phi) is 8.97. The first-order chi connectivity index (χ1) is 15.2. The van der Waals surface area contributed by atoms with E-state index in [1.807, 2.05) is 47.0 Å². The fraction of sp³-hybridized carbons (Fsp3) is 0.375.